The normalized spacial score (nSPS) is 19.5. The summed E-state index contributed by atoms with van der Waals surface area (Å²) in [6.07, 6.45) is 5.36. The maximum absolute atomic E-state index is 13.7. The minimum atomic E-state index is -0.729. The van der Waals surface area contributed by atoms with Crippen LogP contribution in [0.25, 0.3) is 0 Å². The summed E-state index contributed by atoms with van der Waals surface area (Å²) in [6.45, 7) is 4.58. The van der Waals surface area contributed by atoms with Crippen LogP contribution in [0.15, 0.2) is 66.7 Å². The van der Waals surface area contributed by atoms with Crippen molar-refractivity contribution in [3.8, 4) is 0 Å². The van der Waals surface area contributed by atoms with E-state index in [1.807, 2.05) is 80.6 Å². The molecule has 1 aliphatic carbocycles. The third-order valence-electron chi connectivity index (χ3n) is 7.24. The molecule has 0 radical (unpaired) electrons. The van der Waals surface area contributed by atoms with Crippen LogP contribution in [0.5, 0.6) is 0 Å². The first-order valence-electron chi connectivity index (χ1n) is 13.1. The summed E-state index contributed by atoms with van der Waals surface area (Å²) in [4.78, 5) is 55.6. The third kappa shape index (κ3) is 6.16. The largest absolute Gasteiger partial charge is 0.355 e. The van der Waals surface area contributed by atoms with Crippen molar-refractivity contribution in [3.63, 3.8) is 0 Å². The van der Waals surface area contributed by atoms with Crippen molar-refractivity contribution in [3.05, 3.63) is 83.4 Å². The van der Waals surface area contributed by atoms with Gasteiger partial charge >= 0.3 is 0 Å². The molecular weight excluding hydrogens is 466 g/mol. The summed E-state index contributed by atoms with van der Waals surface area (Å²) < 4.78 is 0. The molecule has 0 saturated carbocycles. The predicted molar refractivity (Wildman–Crippen MR) is 141 cm³/mol. The molecule has 1 fully saturated rings. The highest BCUT2D eigenvalue weighted by Gasteiger charge is 2.47. The molecule has 2 aromatic rings. The van der Waals surface area contributed by atoms with Crippen LogP contribution < -0.4 is 5.32 Å². The molecule has 1 heterocycles. The topological polar surface area (TPSA) is 86.8 Å². The van der Waals surface area contributed by atoms with Crippen LogP contribution >= 0.6 is 0 Å². The van der Waals surface area contributed by atoms with Crippen molar-refractivity contribution in [1.82, 2.24) is 15.1 Å². The van der Waals surface area contributed by atoms with Gasteiger partial charge in [0.15, 0.2) is 0 Å². The Morgan fingerprint density at radius 3 is 2.16 bits per heavy atom. The van der Waals surface area contributed by atoms with Gasteiger partial charge in [-0.15, -0.1) is 0 Å². The summed E-state index contributed by atoms with van der Waals surface area (Å²) >= 11 is 0. The Labute approximate surface area is 218 Å². The van der Waals surface area contributed by atoms with E-state index in [2.05, 4.69) is 5.32 Å². The second-order valence-electron chi connectivity index (χ2n) is 9.84. The van der Waals surface area contributed by atoms with Crippen LogP contribution in [0.2, 0.25) is 0 Å². The molecule has 0 aromatic heterocycles. The third-order valence-corrected chi connectivity index (χ3v) is 7.24. The molecular formula is C30H35N3O4. The average molecular weight is 502 g/mol. The highest BCUT2D eigenvalue weighted by Crippen LogP contribution is 2.35. The molecule has 2 aromatic carbocycles. The van der Waals surface area contributed by atoms with Crippen molar-refractivity contribution in [2.75, 3.05) is 13.1 Å². The van der Waals surface area contributed by atoms with Gasteiger partial charge < -0.3 is 10.2 Å². The van der Waals surface area contributed by atoms with Crippen LogP contribution in [-0.2, 0) is 32.1 Å². The first-order chi connectivity index (χ1) is 17.9. The summed E-state index contributed by atoms with van der Waals surface area (Å²) in [5.41, 5.74) is 2.96. The molecule has 0 spiro atoms. The minimum absolute atomic E-state index is 0.0269. The zero-order valence-electron chi connectivity index (χ0n) is 21.6. The van der Waals surface area contributed by atoms with Gasteiger partial charge in [-0.3, -0.25) is 24.1 Å². The van der Waals surface area contributed by atoms with Crippen LogP contribution in [0.3, 0.4) is 0 Å². The number of benzene rings is 2. The van der Waals surface area contributed by atoms with E-state index in [9.17, 15) is 19.2 Å². The Kier molecular flexibility index (Phi) is 8.54. The molecule has 7 heteroatoms. The van der Waals surface area contributed by atoms with Crippen LogP contribution in [0.1, 0.15) is 42.9 Å². The molecule has 7 nitrogen and oxygen atoms in total. The molecule has 0 bridgehead atoms. The Balaban J connectivity index is 1.56. The SMILES string of the molecule is CCNC(=O)[C@H](Cc1ccccc1)N(Cc1ccc(C)cc1)C(=O)CCN1C(=O)[C@H]2CC=CC[C@H]2C1=O. The smallest absolute Gasteiger partial charge is 0.243 e. The number of rotatable bonds is 10. The lowest BCUT2D eigenvalue weighted by Crippen LogP contribution is -2.51. The zero-order chi connectivity index (χ0) is 26.4. The van der Waals surface area contributed by atoms with Gasteiger partial charge in [-0.1, -0.05) is 72.3 Å². The molecule has 37 heavy (non-hydrogen) atoms. The van der Waals surface area contributed by atoms with E-state index in [4.69, 9.17) is 0 Å². The molecule has 1 aliphatic heterocycles. The number of hydrogen-bond donors (Lipinski definition) is 1. The van der Waals surface area contributed by atoms with Crippen LogP contribution in [0, 0.1) is 18.8 Å². The molecule has 1 saturated heterocycles. The lowest BCUT2D eigenvalue weighted by molar-refractivity contribution is -0.144. The van der Waals surface area contributed by atoms with Gasteiger partial charge in [0.25, 0.3) is 0 Å². The summed E-state index contributed by atoms with van der Waals surface area (Å²) in [5, 5.41) is 2.88. The van der Waals surface area contributed by atoms with E-state index < -0.39 is 6.04 Å². The molecule has 0 unspecified atom stereocenters. The van der Waals surface area contributed by atoms with Gasteiger partial charge in [0.2, 0.25) is 23.6 Å². The lowest BCUT2D eigenvalue weighted by atomic mass is 9.85. The van der Waals surface area contributed by atoms with Gasteiger partial charge in [0.05, 0.1) is 11.8 Å². The van der Waals surface area contributed by atoms with Crippen molar-refractivity contribution < 1.29 is 19.2 Å². The van der Waals surface area contributed by atoms with E-state index in [-0.39, 0.29) is 55.0 Å². The fraction of sp³-hybridized carbons (Fsp3) is 0.400. The van der Waals surface area contributed by atoms with Crippen LogP contribution in [0.4, 0.5) is 0 Å². The summed E-state index contributed by atoms with van der Waals surface area (Å²) in [7, 11) is 0. The van der Waals surface area contributed by atoms with E-state index in [0.29, 0.717) is 25.8 Å². The number of carbonyl (C=O) groups is 4. The maximum atomic E-state index is 13.7. The fourth-order valence-electron chi connectivity index (χ4n) is 5.18. The first kappa shape index (κ1) is 26.3. The van der Waals surface area contributed by atoms with Gasteiger partial charge in [-0.05, 0) is 37.8 Å². The summed E-state index contributed by atoms with van der Waals surface area (Å²) in [6, 6.07) is 16.8. The number of aryl methyl sites for hydroxylation is 1. The number of nitrogens with zero attached hydrogens (tertiary/aromatic N) is 2. The number of likely N-dealkylation sites (tertiary alicyclic amines) is 1. The molecule has 1 N–H and O–H groups in total. The molecule has 194 valence electrons. The Morgan fingerprint density at radius 1 is 0.946 bits per heavy atom. The number of carbonyl (C=O) groups excluding carboxylic acids is 4. The fourth-order valence-corrected chi connectivity index (χ4v) is 5.18. The van der Waals surface area contributed by atoms with Gasteiger partial charge in [0, 0.05) is 32.5 Å². The van der Waals surface area contributed by atoms with Gasteiger partial charge in [0.1, 0.15) is 6.04 Å². The van der Waals surface area contributed by atoms with E-state index in [1.54, 1.807) is 4.90 Å². The molecule has 2 aliphatic rings. The number of imide groups is 1. The second kappa shape index (κ2) is 12.0. The Bertz CT molecular complexity index is 1130. The van der Waals surface area contributed by atoms with E-state index >= 15 is 0 Å². The van der Waals surface area contributed by atoms with Gasteiger partial charge in [-0.2, -0.15) is 0 Å². The Morgan fingerprint density at radius 2 is 1.57 bits per heavy atom. The number of allylic oxidation sites excluding steroid dienone is 2. The van der Waals surface area contributed by atoms with Gasteiger partial charge in [-0.25, -0.2) is 0 Å². The van der Waals surface area contributed by atoms with Crippen molar-refractivity contribution in [2.45, 2.75) is 52.1 Å². The number of amides is 4. The first-order valence-corrected chi connectivity index (χ1v) is 13.1. The molecule has 4 amide bonds. The quantitative estimate of drug-likeness (QED) is 0.399. The van der Waals surface area contributed by atoms with E-state index in [0.717, 1.165) is 16.7 Å². The number of likely N-dealkylation sites (N-methyl/N-ethyl adjacent to an activating group) is 1. The van der Waals surface area contributed by atoms with Crippen molar-refractivity contribution in [2.24, 2.45) is 11.8 Å². The predicted octanol–water partition coefficient (Wildman–Crippen LogP) is 3.41. The lowest BCUT2D eigenvalue weighted by Gasteiger charge is -2.32. The average Bonchev–Trinajstić information content (AvgIpc) is 3.15. The summed E-state index contributed by atoms with van der Waals surface area (Å²) in [5.74, 6) is -1.52. The zero-order valence-corrected chi connectivity index (χ0v) is 21.6. The Hall–Kier alpha value is -3.74. The van der Waals surface area contributed by atoms with Crippen molar-refractivity contribution in [1.29, 1.82) is 0 Å². The highest BCUT2D eigenvalue weighted by molar-refractivity contribution is 6.05. The minimum Gasteiger partial charge on any atom is -0.355 e. The maximum Gasteiger partial charge on any atom is 0.243 e. The van der Waals surface area contributed by atoms with E-state index in [1.165, 1.54) is 4.90 Å². The molecule has 4 rings (SSSR count). The standard InChI is InChI=1S/C30H35N3O4/c1-3-31-28(35)26(19-22-9-5-4-6-10-22)33(20-23-15-13-21(2)14-16-23)27(34)17-18-32-29(36)24-11-7-8-12-25(24)30(32)37/h4-10,13-16,24-26H,3,11-12,17-20H2,1-2H3,(H,31,35)/t24-,25+,26-/m0/s1. The number of fused-ring (bicyclic) bond motifs is 1. The van der Waals surface area contributed by atoms with Crippen molar-refractivity contribution >= 4 is 23.6 Å². The molecule has 3 atom stereocenters. The number of nitrogens with one attached hydrogen (secondary N) is 1. The monoisotopic (exact) mass is 501 g/mol. The second-order valence-corrected chi connectivity index (χ2v) is 9.84. The highest BCUT2D eigenvalue weighted by atomic mass is 16.2. The van der Waals surface area contributed by atoms with Crippen LogP contribution in [-0.4, -0.2) is 52.6 Å². The number of hydrogen-bond acceptors (Lipinski definition) is 4.